The smallest absolute Gasteiger partial charge is 0.241 e. The number of carbonyl (C=O) groups is 1. The summed E-state index contributed by atoms with van der Waals surface area (Å²) in [7, 11) is 5.11. The highest BCUT2D eigenvalue weighted by atomic mass is 127. The van der Waals surface area contributed by atoms with Crippen molar-refractivity contribution < 1.29 is 9.53 Å². The number of benzene rings is 2. The second kappa shape index (κ2) is 12.2. The molecule has 0 aliphatic heterocycles. The van der Waals surface area contributed by atoms with Crippen molar-refractivity contribution in [2.75, 3.05) is 27.7 Å². The van der Waals surface area contributed by atoms with Gasteiger partial charge in [0.15, 0.2) is 5.96 Å². The number of nitrogens with zero attached hydrogens (tertiary/aromatic N) is 2. The molecular weight excluding hydrogens is 467 g/mol. The van der Waals surface area contributed by atoms with Crippen molar-refractivity contribution >= 4 is 35.8 Å². The van der Waals surface area contributed by atoms with Crippen molar-refractivity contribution in [2.45, 2.75) is 19.5 Å². The van der Waals surface area contributed by atoms with E-state index in [1.807, 2.05) is 42.5 Å². The number of nitrogens with one attached hydrogen (secondary N) is 2. The van der Waals surface area contributed by atoms with Crippen LogP contribution in [0.4, 0.5) is 0 Å². The van der Waals surface area contributed by atoms with E-state index in [1.54, 1.807) is 26.1 Å². The van der Waals surface area contributed by atoms with Gasteiger partial charge < -0.3 is 20.3 Å². The number of likely N-dealkylation sites (N-methyl/N-ethyl adjacent to an activating group) is 1. The van der Waals surface area contributed by atoms with Crippen LogP contribution in [0.25, 0.3) is 0 Å². The molecule has 0 heterocycles. The monoisotopic (exact) mass is 496 g/mol. The van der Waals surface area contributed by atoms with Gasteiger partial charge in [0.05, 0.1) is 26.2 Å². The zero-order chi connectivity index (χ0) is 19.6. The van der Waals surface area contributed by atoms with Gasteiger partial charge in [-0.25, -0.2) is 4.99 Å². The molecule has 0 aromatic heterocycles. The standard InChI is InChI=1S/C21H28N4O2.HI/c1-16(17-10-6-5-7-11-17)24-21(23-15-20(26)25(2)3)22-14-18-12-8-9-13-19(18)27-4;/h5-13,16H,14-15H2,1-4H3,(H2,22,23,24);1H. The molecule has 7 heteroatoms. The summed E-state index contributed by atoms with van der Waals surface area (Å²) in [4.78, 5) is 18.1. The largest absolute Gasteiger partial charge is 0.496 e. The Hall–Kier alpha value is -2.29. The van der Waals surface area contributed by atoms with Crippen molar-refractivity contribution in [1.82, 2.24) is 15.5 Å². The lowest BCUT2D eigenvalue weighted by atomic mass is 10.1. The van der Waals surface area contributed by atoms with Gasteiger partial charge in [0, 0.05) is 19.7 Å². The quantitative estimate of drug-likeness (QED) is 0.351. The third-order valence-corrected chi connectivity index (χ3v) is 4.16. The Morgan fingerprint density at radius 3 is 2.39 bits per heavy atom. The molecule has 0 bridgehead atoms. The molecule has 6 nitrogen and oxygen atoms in total. The fraction of sp³-hybridized carbons (Fsp3) is 0.333. The van der Waals surface area contributed by atoms with E-state index in [0.717, 1.165) is 16.9 Å². The van der Waals surface area contributed by atoms with E-state index < -0.39 is 0 Å². The summed E-state index contributed by atoms with van der Waals surface area (Å²) in [6.07, 6.45) is 0. The van der Waals surface area contributed by atoms with Gasteiger partial charge in [-0.2, -0.15) is 0 Å². The van der Waals surface area contributed by atoms with Crippen molar-refractivity contribution in [1.29, 1.82) is 0 Å². The normalized spacial score (nSPS) is 11.8. The Morgan fingerprint density at radius 1 is 1.11 bits per heavy atom. The highest BCUT2D eigenvalue weighted by Crippen LogP contribution is 2.18. The summed E-state index contributed by atoms with van der Waals surface area (Å²) in [6.45, 7) is 2.67. The fourth-order valence-electron chi connectivity index (χ4n) is 2.50. The first-order valence-corrected chi connectivity index (χ1v) is 8.93. The van der Waals surface area contributed by atoms with Gasteiger partial charge in [-0.1, -0.05) is 48.5 Å². The van der Waals surface area contributed by atoms with Crippen LogP contribution in [-0.4, -0.2) is 44.5 Å². The van der Waals surface area contributed by atoms with E-state index in [1.165, 1.54) is 0 Å². The minimum atomic E-state index is -0.0193. The molecule has 1 amide bonds. The number of hydrogen-bond donors (Lipinski definition) is 2. The maximum Gasteiger partial charge on any atom is 0.241 e. The van der Waals surface area contributed by atoms with Gasteiger partial charge in [0.1, 0.15) is 5.75 Å². The zero-order valence-electron chi connectivity index (χ0n) is 16.8. The molecule has 1 atom stereocenters. The molecule has 0 saturated carbocycles. The summed E-state index contributed by atoms with van der Waals surface area (Å²) in [5, 5.41) is 6.48. The zero-order valence-corrected chi connectivity index (χ0v) is 19.1. The second-order valence-electron chi connectivity index (χ2n) is 6.40. The summed E-state index contributed by atoms with van der Waals surface area (Å²) in [5.74, 6) is 1.35. The molecular formula is C21H29IN4O2. The van der Waals surface area contributed by atoms with Gasteiger partial charge in [-0.3, -0.25) is 4.79 Å². The van der Waals surface area contributed by atoms with Crippen molar-refractivity contribution in [2.24, 2.45) is 4.99 Å². The Kier molecular flexibility index (Phi) is 10.4. The van der Waals surface area contributed by atoms with Crippen LogP contribution in [0, 0.1) is 0 Å². The molecule has 0 spiro atoms. The van der Waals surface area contributed by atoms with E-state index in [9.17, 15) is 4.79 Å². The number of para-hydroxylation sites is 1. The minimum Gasteiger partial charge on any atom is -0.496 e. The molecule has 2 aromatic carbocycles. The first-order chi connectivity index (χ1) is 13.0. The Bertz CT molecular complexity index is 766. The van der Waals surface area contributed by atoms with Crippen LogP contribution in [0.15, 0.2) is 59.6 Å². The fourth-order valence-corrected chi connectivity index (χ4v) is 2.50. The average Bonchev–Trinajstić information content (AvgIpc) is 2.70. The number of halogens is 1. The molecule has 0 radical (unpaired) electrons. The molecule has 2 rings (SSSR count). The number of hydrogen-bond acceptors (Lipinski definition) is 3. The number of guanidine groups is 1. The summed E-state index contributed by atoms with van der Waals surface area (Å²) in [5.41, 5.74) is 2.12. The lowest BCUT2D eigenvalue weighted by molar-refractivity contribution is -0.127. The number of rotatable bonds is 7. The molecule has 0 aliphatic carbocycles. The number of carbonyl (C=O) groups excluding carboxylic acids is 1. The molecule has 152 valence electrons. The molecule has 1 unspecified atom stereocenters. The van der Waals surface area contributed by atoms with Crippen LogP contribution in [-0.2, 0) is 11.3 Å². The van der Waals surface area contributed by atoms with E-state index in [2.05, 4.69) is 34.7 Å². The maximum atomic E-state index is 11.9. The summed E-state index contributed by atoms with van der Waals surface area (Å²) >= 11 is 0. The molecule has 0 aliphatic rings. The minimum absolute atomic E-state index is 0. The van der Waals surface area contributed by atoms with Gasteiger partial charge in [0.25, 0.3) is 0 Å². The average molecular weight is 496 g/mol. The molecule has 0 fully saturated rings. The van der Waals surface area contributed by atoms with Crippen molar-refractivity contribution in [3.05, 3.63) is 65.7 Å². The number of amides is 1. The van der Waals surface area contributed by atoms with Crippen molar-refractivity contribution in [3.8, 4) is 5.75 Å². The number of methoxy groups -OCH3 is 1. The Labute approximate surface area is 184 Å². The Morgan fingerprint density at radius 2 is 1.75 bits per heavy atom. The topological polar surface area (TPSA) is 66.0 Å². The third kappa shape index (κ3) is 7.38. The van der Waals surface area contributed by atoms with E-state index in [4.69, 9.17) is 4.74 Å². The van der Waals surface area contributed by atoms with E-state index in [-0.39, 0.29) is 42.5 Å². The van der Waals surface area contributed by atoms with Gasteiger partial charge in [-0.15, -0.1) is 24.0 Å². The third-order valence-electron chi connectivity index (χ3n) is 4.16. The van der Waals surface area contributed by atoms with Crippen LogP contribution < -0.4 is 15.4 Å². The summed E-state index contributed by atoms with van der Waals surface area (Å²) in [6, 6.07) is 17.9. The van der Waals surface area contributed by atoms with Gasteiger partial charge in [0.2, 0.25) is 5.91 Å². The van der Waals surface area contributed by atoms with Crippen LogP contribution in [0.1, 0.15) is 24.1 Å². The van der Waals surface area contributed by atoms with Crippen molar-refractivity contribution in [3.63, 3.8) is 0 Å². The second-order valence-corrected chi connectivity index (χ2v) is 6.40. The lowest BCUT2D eigenvalue weighted by Crippen LogP contribution is -2.43. The van der Waals surface area contributed by atoms with Crippen LogP contribution >= 0.6 is 24.0 Å². The van der Waals surface area contributed by atoms with E-state index >= 15 is 0 Å². The summed E-state index contributed by atoms with van der Waals surface area (Å²) < 4.78 is 5.39. The van der Waals surface area contributed by atoms with Gasteiger partial charge >= 0.3 is 0 Å². The first-order valence-electron chi connectivity index (χ1n) is 8.93. The molecule has 28 heavy (non-hydrogen) atoms. The molecule has 2 aromatic rings. The predicted octanol–water partition coefficient (Wildman–Crippen LogP) is 3.20. The number of aliphatic imine (C=N–C) groups is 1. The van der Waals surface area contributed by atoms with Gasteiger partial charge in [-0.05, 0) is 18.6 Å². The van der Waals surface area contributed by atoms with Crippen LogP contribution in [0.5, 0.6) is 5.75 Å². The van der Waals surface area contributed by atoms with Crippen LogP contribution in [0.2, 0.25) is 0 Å². The first kappa shape index (κ1) is 23.7. The molecule has 0 saturated heterocycles. The highest BCUT2D eigenvalue weighted by Gasteiger charge is 2.11. The number of ether oxygens (including phenoxy) is 1. The molecule has 2 N–H and O–H groups in total. The predicted molar refractivity (Wildman–Crippen MR) is 124 cm³/mol. The lowest BCUT2D eigenvalue weighted by Gasteiger charge is -2.19. The highest BCUT2D eigenvalue weighted by molar-refractivity contribution is 14.0. The van der Waals surface area contributed by atoms with E-state index in [0.29, 0.717) is 12.5 Å². The Balaban J connectivity index is 0.00000392. The SMILES string of the molecule is COc1ccccc1CN=C(NCC(=O)N(C)C)NC(C)c1ccccc1.I. The maximum absolute atomic E-state index is 11.9. The van der Waals surface area contributed by atoms with Crippen LogP contribution in [0.3, 0.4) is 0 Å².